The number of alkyl halides is 1. The van der Waals surface area contributed by atoms with Crippen LogP contribution in [-0.4, -0.2) is 34.5 Å². The molecule has 1 aliphatic rings. The van der Waals surface area contributed by atoms with E-state index >= 15 is 0 Å². The first-order valence-corrected chi connectivity index (χ1v) is 17.2. The van der Waals surface area contributed by atoms with Crippen LogP contribution in [0.4, 0.5) is 26.5 Å². The number of anilines is 3. The van der Waals surface area contributed by atoms with Gasteiger partial charge in [0.15, 0.2) is 8.32 Å². The number of carboxylic acid groups (broad SMARTS) is 1. The van der Waals surface area contributed by atoms with Crippen molar-refractivity contribution < 1.29 is 18.7 Å². The van der Waals surface area contributed by atoms with Gasteiger partial charge in [-0.1, -0.05) is 41.5 Å². The molecule has 1 fully saturated rings. The number of thiazole rings is 1. The van der Waals surface area contributed by atoms with Gasteiger partial charge >= 0.3 is 6.09 Å². The maximum Gasteiger partial charge on any atom is 0.418 e. The fourth-order valence-corrected chi connectivity index (χ4v) is 7.32. The Labute approximate surface area is 241 Å². The molecule has 1 aliphatic carbocycles. The number of hydrogen-bond acceptors (Lipinski definition) is 7. The predicted molar refractivity (Wildman–Crippen MR) is 161 cm³/mol. The molecule has 4 rings (SSSR count). The molecule has 1 amide bonds. The van der Waals surface area contributed by atoms with Crippen LogP contribution < -0.4 is 10.6 Å². The second-order valence-electron chi connectivity index (χ2n) is 13.1. The molecule has 3 aromatic rings. The van der Waals surface area contributed by atoms with E-state index < -0.39 is 26.5 Å². The third kappa shape index (κ3) is 5.77. The minimum Gasteiger partial charge on any atom is -0.464 e. The lowest BCUT2D eigenvalue weighted by molar-refractivity contribution is -0.0254. The average Bonchev–Trinajstić information content (AvgIpc) is 3.30. The van der Waals surface area contributed by atoms with E-state index in [1.54, 1.807) is 35.7 Å². The third-order valence-corrected chi connectivity index (χ3v) is 13.7. The first-order chi connectivity index (χ1) is 18.5. The van der Waals surface area contributed by atoms with Gasteiger partial charge in [-0.2, -0.15) is 0 Å². The van der Waals surface area contributed by atoms with Gasteiger partial charge in [0.05, 0.1) is 16.3 Å². The summed E-state index contributed by atoms with van der Waals surface area (Å²) in [6, 6.07) is 5.06. The molecule has 0 radical (unpaired) electrons. The Bertz CT molecular complexity index is 1410. The second-order valence-corrected chi connectivity index (χ2v) is 18.8. The fourth-order valence-electron chi connectivity index (χ4n) is 4.58. The lowest BCUT2D eigenvalue weighted by Gasteiger charge is -2.49. The van der Waals surface area contributed by atoms with Crippen LogP contribution in [0, 0.1) is 0 Å². The molecule has 0 aliphatic heterocycles. The van der Waals surface area contributed by atoms with E-state index in [0.717, 1.165) is 39.6 Å². The Hall–Kier alpha value is -2.89. The van der Waals surface area contributed by atoms with Crippen LogP contribution in [0.2, 0.25) is 18.1 Å². The number of halogens is 1. The van der Waals surface area contributed by atoms with Crippen LogP contribution >= 0.6 is 11.3 Å². The highest BCUT2D eigenvalue weighted by atomic mass is 32.1. The van der Waals surface area contributed by atoms with Crippen molar-refractivity contribution >= 4 is 43.1 Å². The normalized spacial score (nSPS) is 15.5. The van der Waals surface area contributed by atoms with Crippen LogP contribution in [0.15, 0.2) is 30.6 Å². The molecule has 0 bridgehead atoms. The zero-order valence-electron chi connectivity index (χ0n) is 24.6. The molecular weight excluding hydrogens is 546 g/mol. The average molecular weight is 586 g/mol. The van der Waals surface area contributed by atoms with Gasteiger partial charge in [0.2, 0.25) is 5.95 Å². The Morgan fingerprint density at radius 1 is 1.15 bits per heavy atom. The van der Waals surface area contributed by atoms with E-state index in [-0.39, 0.29) is 28.0 Å². The number of carbonyl (C=O) groups is 1. The first kappa shape index (κ1) is 30.1. The van der Waals surface area contributed by atoms with E-state index in [9.17, 15) is 14.3 Å². The standard InChI is InChI=1S/C29H40FN5O3SSi/c1-27(2,3)21-16-33-25(34-22(21)15-30)35(26(36)37)20-13-18(12-19(31)14-20)23-17-32-24(39-23)29(10-9-11-29)38-40(7,8)28(4,5)6/h12-14,16-17H,9-11,15,31H2,1-8H3,(H,36,37). The predicted octanol–water partition coefficient (Wildman–Crippen LogP) is 8.17. The molecule has 0 spiro atoms. The van der Waals surface area contributed by atoms with Gasteiger partial charge < -0.3 is 15.3 Å². The summed E-state index contributed by atoms with van der Waals surface area (Å²) in [7, 11) is -2.04. The van der Waals surface area contributed by atoms with Gasteiger partial charge in [-0.25, -0.2) is 29.0 Å². The minimum absolute atomic E-state index is 0.0773. The van der Waals surface area contributed by atoms with Crippen LogP contribution in [0.3, 0.4) is 0 Å². The minimum atomic E-state index is -2.04. The number of nitrogens with two attached hydrogens (primary N) is 1. The number of amides is 1. The van der Waals surface area contributed by atoms with Gasteiger partial charge in [0, 0.05) is 23.6 Å². The Kier molecular flexibility index (Phi) is 7.89. The second kappa shape index (κ2) is 10.5. The molecule has 2 aromatic heterocycles. The van der Waals surface area contributed by atoms with E-state index in [2.05, 4.69) is 43.8 Å². The summed E-state index contributed by atoms with van der Waals surface area (Å²) in [5.74, 6) is -0.133. The van der Waals surface area contributed by atoms with Gasteiger partial charge in [-0.05, 0) is 66.6 Å². The first-order valence-electron chi connectivity index (χ1n) is 13.5. The van der Waals surface area contributed by atoms with Crippen molar-refractivity contribution in [3.05, 3.63) is 46.9 Å². The van der Waals surface area contributed by atoms with E-state index in [4.69, 9.17) is 15.1 Å². The molecule has 1 saturated carbocycles. The summed E-state index contributed by atoms with van der Waals surface area (Å²) < 4.78 is 20.8. The summed E-state index contributed by atoms with van der Waals surface area (Å²) in [5.41, 5.74) is 7.63. The molecule has 216 valence electrons. The molecule has 3 N–H and O–H groups in total. The van der Waals surface area contributed by atoms with Crippen molar-refractivity contribution in [2.24, 2.45) is 0 Å². The highest BCUT2D eigenvalue weighted by molar-refractivity contribution is 7.15. The zero-order chi connectivity index (χ0) is 29.7. The lowest BCUT2D eigenvalue weighted by Crippen LogP contribution is -2.51. The smallest absolute Gasteiger partial charge is 0.418 e. The molecular formula is C29H40FN5O3SSi. The van der Waals surface area contributed by atoms with Crippen LogP contribution in [0.5, 0.6) is 0 Å². The maximum atomic E-state index is 13.9. The third-order valence-electron chi connectivity index (χ3n) is 7.98. The van der Waals surface area contributed by atoms with Gasteiger partial charge in [-0.3, -0.25) is 0 Å². The largest absolute Gasteiger partial charge is 0.464 e. The SMILES string of the molecule is CC(C)(C)c1cnc(N(C(=O)O)c2cc(N)cc(-c3cnc(C4(O[Si](C)(C)C(C)(C)C)CCC4)s3)c2)nc1CF. The highest BCUT2D eigenvalue weighted by Crippen LogP contribution is 2.52. The quantitative estimate of drug-likeness (QED) is 0.212. The molecule has 40 heavy (non-hydrogen) atoms. The van der Waals surface area contributed by atoms with Crippen LogP contribution in [0.1, 0.15) is 77.1 Å². The van der Waals surface area contributed by atoms with Crippen LogP contribution in [-0.2, 0) is 22.1 Å². The summed E-state index contributed by atoms with van der Waals surface area (Å²) in [4.78, 5) is 27.6. The van der Waals surface area contributed by atoms with Crippen molar-refractivity contribution in [3.8, 4) is 10.4 Å². The van der Waals surface area contributed by atoms with Gasteiger partial charge in [-0.15, -0.1) is 11.3 Å². The van der Waals surface area contributed by atoms with Gasteiger partial charge in [0.1, 0.15) is 17.3 Å². The number of hydrogen-bond donors (Lipinski definition) is 2. The molecule has 8 nitrogen and oxygen atoms in total. The number of nitrogen functional groups attached to an aromatic ring is 1. The van der Waals surface area contributed by atoms with E-state index in [0.29, 0.717) is 11.3 Å². The molecule has 0 atom stereocenters. The highest BCUT2D eigenvalue weighted by Gasteiger charge is 2.50. The molecule has 0 unspecified atom stereocenters. The molecule has 2 heterocycles. The van der Waals surface area contributed by atoms with Crippen molar-refractivity contribution in [2.45, 2.75) is 96.6 Å². The van der Waals surface area contributed by atoms with E-state index in [1.165, 1.54) is 6.20 Å². The van der Waals surface area contributed by atoms with Crippen LogP contribution in [0.25, 0.3) is 10.4 Å². The number of rotatable bonds is 7. The Morgan fingerprint density at radius 3 is 2.35 bits per heavy atom. The maximum absolute atomic E-state index is 13.9. The number of benzene rings is 1. The van der Waals surface area contributed by atoms with Crippen molar-refractivity contribution in [1.29, 1.82) is 0 Å². The van der Waals surface area contributed by atoms with Crippen molar-refractivity contribution in [1.82, 2.24) is 15.0 Å². The molecule has 11 heteroatoms. The van der Waals surface area contributed by atoms with Crippen molar-refractivity contribution in [3.63, 3.8) is 0 Å². The summed E-state index contributed by atoms with van der Waals surface area (Å²) in [6.45, 7) is 16.2. The Morgan fingerprint density at radius 2 is 1.82 bits per heavy atom. The summed E-state index contributed by atoms with van der Waals surface area (Å²) >= 11 is 1.55. The lowest BCUT2D eigenvalue weighted by atomic mass is 9.81. The number of nitrogens with zero attached hydrogens (tertiary/aromatic N) is 4. The fraction of sp³-hybridized carbons (Fsp3) is 0.517. The zero-order valence-corrected chi connectivity index (χ0v) is 26.4. The summed E-state index contributed by atoms with van der Waals surface area (Å²) in [5, 5.41) is 11.2. The molecule has 0 saturated heterocycles. The number of aromatic nitrogens is 3. The monoisotopic (exact) mass is 585 g/mol. The van der Waals surface area contributed by atoms with Gasteiger partial charge in [0.25, 0.3) is 0 Å². The van der Waals surface area contributed by atoms with Crippen molar-refractivity contribution in [2.75, 3.05) is 10.6 Å². The molecule has 1 aromatic carbocycles. The summed E-state index contributed by atoms with van der Waals surface area (Å²) in [6.07, 6.45) is 4.95. The topological polar surface area (TPSA) is 114 Å². The van der Waals surface area contributed by atoms with E-state index in [1.807, 2.05) is 20.8 Å². The Balaban J connectivity index is 1.72.